The van der Waals surface area contributed by atoms with Crippen molar-refractivity contribution < 1.29 is 14.3 Å². The van der Waals surface area contributed by atoms with Crippen molar-refractivity contribution in [3.63, 3.8) is 0 Å². The Labute approximate surface area is 133 Å². The van der Waals surface area contributed by atoms with Gasteiger partial charge in [-0.3, -0.25) is 0 Å². The van der Waals surface area contributed by atoms with Crippen LogP contribution in [0.1, 0.15) is 64.2 Å². The first kappa shape index (κ1) is 16.1. The lowest BCUT2D eigenvalue weighted by molar-refractivity contribution is -0.0502. The van der Waals surface area contributed by atoms with E-state index in [1.54, 1.807) is 0 Å². The first-order valence-electron chi connectivity index (χ1n) is 9.05. The zero-order valence-corrected chi connectivity index (χ0v) is 13.6. The van der Waals surface area contributed by atoms with E-state index in [1.165, 1.54) is 38.5 Å². The maximum absolute atomic E-state index is 11.6. The fourth-order valence-electron chi connectivity index (χ4n) is 3.81. The Bertz CT molecular complexity index is 341. The molecule has 0 aromatic rings. The van der Waals surface area contributed by atoms with E-state index < -0.39 is 0 Å². The zero-order chi connectivity index (χ0) is 15.3. The van der Waals surface area contributed by atoms with Gasteiger partial charge in [-0.1, -0.05) is 38.5 Å². The number of hydrogen-bond donors (Lipinski definition) is 2. The molecule has 0 atom stereocenters. The van der Waals surface area contributed by atoms with Gasteiger partial charge >= 0.3 is 6.03 Å². The minimum atomic E-state index is -0.383. The van der Waals surface area contributed by atoms with Crippen LogP contribution in [-0.2, 0) is 9.47 Å². The molecule has 0 spiro atoms. The van der Waals surface area contributed by atoms with Crippen molar-refractivity contribution in [1.29, 1.82) is 0 Å². The summed E-state index contributed by atoms with van der Waals surface area (Å²) >= 11 is 0. The summed E-state index contributed by atoms with van der Waals surface area (Å²) in [5.41, 5.74) is -0.383. The van der Waals surface area contributed by atoms with E-state index in [1.807, 2.05) is 0 Å². The molecule has 3 fully saturated rings. The highest BCUT2D eigenvalue weighted by atomic mass is 16.5. The lowest BCUT2D eigenvalue weighted by Crippen LogP contribution is -2.53. The molecule has 0 unspecified atom stereocenters. The van der Waals surface area contributed by atoms with Crippen LogP contribution in [0.15, 0.2) is 0 Å². The Balaban J connectivity index is 1.49. The van der Waals surface area contributed by atoms with E-state index in [2.05, 4.69) is 10.6 Å². The van der Waals surface area contributed by atoms with Gasteiger partial charge in [0.2, 0.25) is 0 Å². The van der Waals surface area contributed by atoms with Gasteiger partial charge < -0.3 is 20.1 Å². The fraction of sp³-hybridized carbons (Fsp3) is 0.941. The molecule has 22 heavy (non-hydrogen) atoms. The van der Waals surface area contributed by atoms with Gasteiger partial charge in [0.25, 0.3) is 0 Å². The molecule has 1 saturated heterocycles. The van der Waals surface area contributed by atoms with Crippen molar-refractivity contribution in [2.75, 3.05) is 19.8 Å². The molecule has 1 aliphatic heterocycles. The first-order valence-corrected chi connectivity index (χ1v) is 9.05. The number of ether oxygens (including phenoxy) is 2. The van der Waals surface area contributed by atoms with E-state index in [-0.39, 0.29) is 11.6 Å². The third kappa shape index (κ3) is 4.35. The molecular formula is C17H30N2O3. The molecule has 0 radical (unpaired) electrons. The number of nitrogens with one attached hydrogen (secondary N) is 2. The van der Waals surface area contributed by atoms with E-state index in [0.29, 0.717) is 32.0 Å². The van der Waals surface area contributed by atoms with Gasteiger partial charge in [0.1, 0.15) is 5.54 Å². The minimum absolute atomic E-state index is 0.0977. The van der Waals surface area contributed by atoms with Crippen LogP contribution in [0.25, 0.3) is 0 Å². The molecule has 2 saturated carbocycles. The van der Waals surface area contributed by atoms with Crippen LogP contribution in [0.5, 0.6) is 0 Å². The predicted octanol–water partition coefficient (Wildman–Crippen LogP) is 2.74. The van der Waals surface area contributed by atoms with Crippen LogP contribution in [0.3, 0.4) is 0 Å². The average molecular weight is 310 g/mol. The summed E-state index contributed by atoms with van der Waals surface area (Å²) < 4.78 is 12.2. The summed E-state index contributed by atoms with van der Waals surface area (Å²) in [5, 5.41) is 5.92. The molecule has 0 aromatic carbocycles. The molecule has 0 bridgehead atoms. The molecule has 2 N–H and O–H groups in total. The molecule has 5 nitrogen and oxygen atoms in total. The first-order chi connectivity index (χ1) is 10.8. The Morgan fingerprint density at radius 2 is 1.36 bits per heavy atom. The summed E-state index contributed by atoms with van der Waals surface area (Å²) in [6, 6.07) is -0.0977. The van der Waals surface area contributed by atoms with Gasteiger partial charge in [0.05, 0.1) is 25.4 Å². The molecule has 2 aliphatic carbocycles. The van der Waals surface area contributed by atoms with Crippen molar-refractivity contribution in [3.05, 3.63) is 0 Å². The fourth-order valence-corrected chi connectivity index (χ4v) is 3.81. The van der Waals surface area contributed by atoms with Gasteiger partial charge in [-0.2, -0.15) is 0 Å². The number of carbonyl (C=O) groups excluding carboxylic acids is 1. The molecular weight excluding hydrogens is 280 g/mol. The van der Waals surface area contributed by atoms with Gasteiger partial charge in [-0.25, -0.2) is 4.79 Å². The van der Waals surface area contributed by atoms with Crippen molar-refractivity contribution >= 4 is 6.03 Å². The van der Waals surface area contributed by atoms with Crippen molar-refractivity contribution in [2.24, 2.45) is 0 Å². The van der Waals surface area contributed by atoms with Crippen molar-refractivity contribution in [3.8, 4) is 0 Å². The number of carbonyl (C=O) groups is 1. The number of urea groups is 1. The Kier molecular flexibility index (Phi) is 5.58. The molecule has 3 aliphatic rings. The van der Waals surface area contributed by atoms with Crippen LogP contribution in [-0.4, -0.2) is 43.5 Å². The maximum atomic E-state index is 11.6. The zero-order valence-electron chi connectivity index (χ0n) is 13.6. The second-order valence-electron chi connectivity index (χ2n) is 7.23. The summed E-state index contributed by atoms with van der Waals surface area (Å²) in [6.45, 7) is 1.72. The second kappa shape index (κ2) is 7.64. The van der Waals surface area contributed by atoms with Crippen LogP contribution < -0.4 is 10.6 Å². The van der Waals surface area contributed by atoms with Crippen LogP contribution in [0, 0.1) is 0 Å². The van der Waals surface area contributed by atoms with E-state index >= 15 is 0 Å². The standard InChI is InChI=1S/C17H30N2O3/c20-16-18-11-17(19-16,12-21-14-7-3-1-4-8-14)13-22-15-9-5-2-6-10-15/h14-15H,1-13H2,(H2,18,19,20). The topological polar surface area (TPSA) is 59.6 Å². The molecule has 3 rings (SSSR count). The third-order valence-corrected chi connectivity index (χ3v) is 5.26. The molecule has 1 heterocycles. The SMILES string of the molecule is O=C1NCC(COC2CCCCC2)(COC2CCCCC2)N1. The Morgan fingerprint density at radius 3 is 1.77 bits per heavy atom. The Hall–Kier alpha value is -0.810. The number of rotatable bonds is 6. The summed E-state index contributed by atoms with van der Waals surface area (Å²) in [6.07, 6.45) is 13.0. The van der Waals surface area contributed by atoms with E-state index in [9.17, 15) is 4.79 Å². The quantitative estimate of drug-likeness (QED) is 0.793. The summed E-state index contributed by atoms with van der Waals surface area (Å²) in [4.78, 5) is 11.6. The summed E-state index contributed by atoms with van der Waals surface area (Å²) in [7, 11) is 0. The third-order valence-electron chi connectivity index (χ3n) is 5.26. The highest BCUT2D eigenvalue weighted by Crippen LogP contribution is 2.24. The molecule has 5 heteroatoms. The highest BCUT2D eigenvalue weighted by Gasteiger charge is 2.39. The second-order valence-corrected chi connectivity index (χ2v) is 7.23. The van der Waals surface area contributed by atoms with Gasteiger partial charge in [0, 0.05) is 6.54 Å². The largest absolute Gasteiger partial charge is 0.376 e. The highest BCUT2D eigenvalue weighted by molar-refractivity contribution is 5.77. The van der Waals surface area contributed by atoms with Crippen molar-refractivity contribution in [2.45, 2.75) is 82.0 Å². The van der Waals surface area contributed by atoms with E-state index in [0.717, 1.165) is 25.7 Å². The van der Waals surface area contributed by atoms with Gasteiger partial charge in [-0.05, 0) is 25.7 Å². The Morgan fingerprint density at radius 1 is 0.864 bits per heavy atom. The number of amides is 2. The molecule has 0 aromatic heterocycles. The lowest BCUT2D eigenvalue weighted by atomic mass is 9.96. The molecule has 2 amide bonds. The van der Waals surface area contributed by atoms with Crippen LogP contribution >= 0.6 is 0 Å². The molecule has 126 valence electrons. The number of hydrogen-bond acceptors (Lipinski definition) is 3. The maximum Gasteiger partial charge on any atom is 0.315 e. The minimum Gasteiger partial charge on any atom is -0.376 e. The summed E-state index contributed by atoms with van der Waals surface area (Å²) in [5.74, 6) is 0. The van der Waals surface area contributed by atoms with E-state index in [4.69, 9.17) is 9.47 Å². The monoisotopic (exact) mass is 310 g/mol. The van der Waals surface area contributed by atoms with Crippen molar-refractivity contribution in [1.82, 2.24) is 10.6 Å². The predicted molar refractivity (Wildman–Crippen MR) is 84.9 cm³/mol. The van der Waals surface area contributed by atoms with Gasteiger partial charge in [0.15, 0.2) is 0 Å². The van der Waals surface area contributed by atoms with Gasteiger partial charge in [-0.15, -0.1) is 0 Å². The van der Waals surface area contributed by atoms with Crippen LogP contribution in [0.4, 0.5) is 4.79 Å². The van der Waals surface area contributed by atoms with Crippen LogP contribution in [0.2, 0.25) is 0 Å². The lowest BCUT2D eigenvalue weighted by Gasteiger charge is -2.33. The smallest absolute Gasteiger partial charge is 0.315 e. The normalized spacial score (nSPS) is 26.6. The average Bonchev–Trinajstić information content (AvgIpc) is 2.95.